The highest BCUT2D eigenvalue weighted by atomic mass is 35.5. The molecule has 0 bridgehead atoms. The summed E-state index contributed by atoms with van der Waals surface area (Å²) >= 11 is 13.4. The van der Waals surface area contributed by atoms with Gasteiger partial charge in [-0.15, -0.1) is 11.3 Å². The molecule has 18 heavy (non-hydrogen) atoms. The van der Waals surface area contributed by atoms with Gasteiger partial charge >= 0.3 is 0 Å². The third-order valence-electron chi connectivity index (χ3n) is 2.75. The summed E-state index contributed by atoms with van der Waals surface area (Å²) in [5.41, 5.74) is 1.93. The summed E-state index contributed by atoms with van der Waals surface area (Å²) in [4.78, 5) is 13.0. The molecular formula is C14H12Cl2OS. The van der Waals surface area contributed by atoms with Crippen LogP contribution in [0.1, 0.15) is 27.7 Å². The van der Waals surface area contributed by atoms with Gasteiger partial charge in [0.15, 0.2) is 5.78 Å². The van der Waals surface area contributed by atoms with Crippen LogP contribution in [0.15, 0.2) is 29.6 Å². The van der Waals surface area contributed by atoms with Crippen molar-refractivity contribution in [1.82, 2.24) is 0 Å². The lowest BCUT2D eigenvalue weighted by Gasteiger charge is -2.04. The molecule has 0 spiro atoms. The summed E-state index contributed by atoms with van der Waals surface area (Å²) < 4.78 is 0. The summed E-state index contributed by atoms with van der Waals surface area (Å²) in [7, 11) is 0. The first kappa shape index (κ1) is 13.6. The van der Waals surface area contributed by atoms with Crippen LogP contribution in [0.3, 0.4) is 0 Å². The predicted octanol–water partition coefficient (Wildman–Crippen LogP) is 5.04. The average molecular weight is 299 g/mol. The van der Waals surface area contributed by atoms with E-state index in [0.717, 1.165) is 22.4 Å². The van der Waals surface area contributed by atoms with Crippen LogP contribution in [0.5, 0.6) is 0 Å². The largest absolute Gasteiger partial charge is 0.293 e. The van der Waals surface area contributed by atoms with Crippen molar-refractivity contribution in [2.45, 2.75) is 19.8 Å². The first-order valence-electron chi connectivity index (χ1n) is 5.65. The Bertz CT molecular complexity index is 575. The fourth-order valence-electron chi connectivity index (χ4n) is 1.78. The van der Waals surface area contributed by atoms with Crippen molar-refractivity contribution >= 4 is 40.3 Å². The van der Waals surface area contributed by atoms with Crippen LogP contribution in [0.25, 0.3) is 0 Å². The van der Waals surface area contributed by atoms with Crippen molar-refractivity contribution < 1.29 is 4.79 Å². The summed E-state index contributed by atoms with van der Waals surface area (Å²) in [6, 6.07) is 7.23. The van der Waals surface area contributed by atoms with Gasteiger partial charge in [-0.1, -0.05) is 36.2 Å². The molecule has 1 aromatic carbocycles. The zero-order chi connectivity index (χ0) is 13.1. The number of thiophene rings is 1. The topological polar surface area (TPSA) is 17.1 Å². The van der Waals surface area contributed by atoms with Crippen molar-refractivity contribution in [2.75, 3.05) is 0 Å². The minimum atomic E-state index is 0.117. The van der Waals surface area contributed by atoms with E-state index in [9.17, 15) is 4.79 Å². The van der Waals surface area contributed by atoms with Crippen LogP contribution in [-0.4, -0.2) is 5.78 Å². The number of carbonyl (C=O) groups excluding carboxylic acids is 1. The molecule has 0 atom stereocenters. The van der Waals surface area contributed by atoms with Crippen LogP contribution in [-0.2, 0) is 12.8 Å². The zero-order valence-corrected chi connectivity index (χ0v) is 12.2. The van der Waals surface area contributed by atoms with E-state index in [1.54, 1.807) is 12.1 Å². The molecular weight excluding hydrogens is 287 g/mol. The maximum atomic E-state index is 12.2. The monoisotopic (exact) mass is 298 g/mol. The van der Waals surface area contributed by atoms with Crippen LogP contribution in [0.2, 0.25) is 10.0 Å². The van der Waals surface area contributed by atoms with Gasteiger partial charge in [0.1, 0.15) is 0 Å². The lowest BCUT2D eigenvalue weighted by Crippen LogP contribution is -2.04. The van der Waals surface area contributed by atoms with Gasteiger partial charge in [0.2, 0.25) is 0 Å². The standard InChI is InChI=1S/C14H12Cl2OS/c1-2-9-5-6-18-14(9)13(17)7-10-3-4-11(15)8-12(10)16/h3-6,8H,2,7H2,1H3. The smallest absolute Gasteiger partial charge is 0.177 e. The number of carbonyl (C=O) groups is 1. The molecule has 0 aliphatic heterocycles. The first-order chi connectivity index (χ1) is 8.61. The molecule has 0 aliphatic carbocycles. The lowest BCUT2D eigenvalue weighted by atomic mass is 10.1. The molecule has 94 valence electrons. The number of aryl methyl sites for hydroxylation is 1. The molecule has 0 saturated heterocycles. The zero-order valence-electron chi connectivity index (χ0n) is 9.87. The van der Waals surface area contributed by atoms with Gasteiger partial charge in [-0.2, -0.15) is 0 Å². The van der Waals surface area contributed by atoms with Gasteiger partial charge in [-0.05, 0) is 41.1 Å². The van der Waals surface area contributed by atoms with E-state index in [2.05, 4.69) is 0 Å². The average Bonchev–Trinajstić information content (AvgIpc) is 2.81. The second-order valence-electron chi connectivity index (χ2n) is 3.96. The molecule has 0 saturated carbocycles. The van der Waals surface area contributed by atoms with Crippen LogP contribution in [0, 0.1) is 0 Å². The van der Waals surface area contributed by atoms with E-state index >= 15 is 0 Å². The van der Waals surface area contributed by atoms with Crippen LogP contribution in [0.4, 0.5) is 0 Å². The highest BCUT2D eigenvalue weighted by Gasteiger charge is 2.14. The second-order valence-corrected chi connectivity index (χ2v) is 5.72. The molecule has 0 amide bonds. The molecule has 2 rings (SSSR count). The van der Waals surface area contributed by atoms with Crippen molar-refractivity contribution in [1.29, 1.82) is 0 Å². The number of halogens is 2. The van der Waals surface area contributed by atoms with Crippen molar-refractivity contribution in [2.24, 2.45) is 0 Å². The summed E-state index contributed by atoms with van der Waals surface area (Å²) in [6.07, 6.45) is 1.20. The molecule has 4 heteroatoms. The fourth-order valence-corrected chi connectivity index (χ4v) is 3.19. The van der Waals surface area contributed by atoms with E-state index < -0.39 is 0 Å². The molecule has 0 radical (unpaired) electrons. The molecule has 0 unspecified atom stereocenters. The van der Waals surface area contributed by atoms with Crippen molar-refractivity contribution in [3.05, 3.63) is 55.7 Å². The third kappa shape index (κ3) is 2.94. The molecule has 1 nitrogen and oxygen atoms in total. The SMILES string of the molecule is CCc1ccsc1C(=O)Cc1ccc(Cl)cc1Cl. The fraction of sp³-hybridized carbons (Fsp3) is 0.214. The normalized spacial score (nSPS) is 10.6. The van der Waals surface area contributed by atoms with E-state index in [0.29, 0.717) is 16.5 Å². The van der Waals surface area contributed by atoms with Crippen LogP contribution < -0.4 is 0 Å². The molecule has 1 aromatic heterocycles. The number of hydrogen-bond acceptors (Lipinski definition) is 2. The maximum Gasteiger partial charge on any atom is 0.177 e. The third-order valence-corrected chi connectivity index (χ3v) is 4.33. The van der Waals surface area contributed by atoms with E-state index in [1.165, 1.54) is 11.3 Å². The summed E-state index contributed by atoms with van der Waals surface area (Å²) in [5, 5.41) is 3.09. The molecule has 2 aromatic rings. The number of rotatable bonds is 4. The number of benzene rings is 1. The number of Topliss-reactive ketones (excluding diaryl/α,β-unsaturated/α-hetero) is 1. The first-order valence-corrected chi connectivity index (χ1v) is 7.29. The number of hydrogen-bond donors (Lipinski definition) is 0. The number of ketones is 1. The summed E-state index contributed by atoms with van der Waals surface area (Å²) in [5.74, 6) is 0.117. The quantitative estimate of drug-likeness (QED) is 0.723. The van der Waals surface area contributed by atoms with Crippen LogP contribution >= 0.6 is 34.5 Å². The van der Waals surface area contributed by atoms with E-state index in [-0.39, 0.29) is 5.78 Å². The molecule has 1 heterocycles. The Balaban J connectivity index is 2.21. The van der Waals surface area contributed by atoms with Gasteiger partial charge < -0.3 is 0 Å². The Labute approximate surface area is 120 Å². The highest BCUT2D eigenvalue weighted by Crippen LogP contribution is 2.24. The van der Waals surface area contributed by atoms with E-state index in [4.69, 9.17) is 23.2 Å². The Morgan fingerprint density at radius 1 is 1.22 bits per heavy atom. The second kappa shape index (κ2) is 5.87. The molecule has 0 aliphatic rings. The molecule has 0 N–H and O–H groups in total. The van der Waals surface area contributed by atoms with Crippen molar-refractivity contribution in [3.8, 4) is 0 Å². The maximum absolute atomic E-state index is 12.2. The summed E-state index contributed by atoms with van der Waals surface area (Å²) in [6.45, 7) is 2.05. The Morgan fingerprint density at radius 3 is 2.67 bits per heavy atom. The van der Waals surface area contributed by atoms with Crippen molar-refractivity contribution in [3.63, 3.8) is 0 Å². The van der Waals surface area contributed by atoms with Gasteiger partial charge in [0.05, 0.1) is 4.88 Å². The Morgan fingerprint density at radius 2 is 2.00 bits per heavy atom. The molecule has 0 fully saturated rings. The minimum Gasteiger partial charge on any atom is -0.293 e. The van der Waals surface area contributed by atoms with Gasteiger partial charge in [0.25, 0.3) is 0 Å². The minimum absolute atomic E-state index is 0.117. The van der Waals surface area contributed by atoms with Gasteiger partial charge in [0, 0.05) is 16.5 Å². The van der Waals surface area contributed by atoms with E-state index in [1.807, 2.05) is 24.4 Å². The van der Waals surface area contributed by atoms with Gasteiger partial charge in [-0.3, -0.25) is 4.79 Å². The lowest BCUT2D eigenvalue weighted by molar-refractivity contribution is 0.0996. The Kier molecular flexibility index (Phi) is 4.44. The predicted molar refractivity (Wildman–Crippen MR) is 78.2 cm³/mol. The Hall–Kier alpha value is -0.830. The highest BCUT2D eigenvalue weighted by molar-refractivity contribution is 7.12. The van der Waals surface area contributed by atoms with Gasteiger partial charge in [-0.25, -0.2) is 0 Å².